The minimum absolute atomic E-state index is 0.192. The Labute approximate surface area is 106 Å². The van der Waals surface area contributed by atoms with Crippen molar-refractivity contribution in [3.8, 4) is 0 Å². The van der Waals surface area contributed by atoms with Crippen LogP contribution in [0.15, 0.2) is 18.2 Å². The first kappa shape index (κ1) is 13.4. The third-order valence-corrected chi connectivity index (χ3v) is 3.25. The van der Waals surface area contributed by atoms with E-state index < -0.39 is 17.7 Å². The highest BCUT2D eigenvalue weighted by Gasteiger charge is 2.36. The van der Waals surface area contributed by atoms with Gasteiger partial charge in [0.15, 0.2) is 11.6 Å². The zero-order valence-electron chi connectivity index (χ0n) is 10.4. The van der Waals surface area contributed by atoms with E-state index in [2.05, 4.69) is 0 Å². The van der Waals surface area contributed by atoms with E-state index >= 15 is 0 Å². The summed E-state index contributed by atoms with van der Waals surface area (Å²) in [5, 5.41) is 10.1. The molecule has 1 aromatic rings. The van der Waals surface area contributed by atoms with Gasteiger partial charge in [-0.25, -0.2) is 8.78 Å². The molecule has 0 radical (unpaired) electrons. The van der Waals surface area contributed by atoms with Gasteiger partial charge in [-0.1, -0.05) is 6.07 Å². The van der Waals surface area contributed by atoms with E-state index in [0.717, 1.165) is 25.0 Å². The van der Waals surface area contributed by atoms with Crippen molar-refractivity contribution < 1.29 is 18.6 Å². The summed E-state index contributed by atoms with van der Waals surface area (Å²) in [5.74, 6) is -1.33. The molecule has 0 amide bonds. The SMILES string of the molecule is CCOC(C(O)Cc1ccc(F)c(F)c1)C1CC1. The van der Waals surface area contributed by atoms with Gasteiger partial charge in [-0.3, -0.25) is 0 Å². The third kappa shape index (κ3) is 3.27. The highest BCUT2D eigenvalue weighted by atomic mass is 19.2. The van der Waals surface area contributed by atoms with Crippen molar-refractivity contribution in [2.24, 2.45) is 5.92 Å². The van der Waals surface area contributed by atoms with Crippen LogP contribution in [0.1, 0.15) is 25.3 Å². The van der Waals surface area contributed by atoms with Crippen molar-refractivity contribution in [3.05, 3.63) is 35.4 Å². The van der Waals surface area contributed by atoms with Crippen molar-refractivity contribution >= 4 is 0 Å². The van der Waals surface area contributed by atoms with Gasteiger partial charge < -0.3 is 9.84 Å². The van der Waals surface area contributed by atoms with E-state index in [1.165, 1.54) is 6.07 Å². The summed E-state index contributed by atoms with van der Waals surface area (Å²) in [5.41, 5.74) is 0.590. The molecule has 0 spiro atoms. The molecule has 2 rings (SSSR count). The first-order valence-electron chi connectivity index (χ1n) is 6.35. The molecule has 1 saturated carbocycles. The van der Waals surface area contributed by atoms with Crippen LogP contribution in [0.2, 0.25) is 0 Å². The lowest BCUT2D eigenvalue weighted by molar-refractivity contribution is -0.0439. The fourth-order valence-electron chi connectivity index (χ4n) is 2.20. The molecule has 18 heavy (non-hydrogen) atoms. The molecule has 100 valence electrons. The van der Waals surface area contributed by atoms with E-state index in [-0.39, 0.29) is 6.10 Å². The van der Waals surface area contributed by atoms with E-state index in [9.17, 15) is 13.9 Å². The average molecular weight is 256 g/mol. The Hall–Kier alpha value is -1.00. The Kier molecular flexibility index (Phi) is 4.30. The lowest BCUT2D eigenvalue weighted by Gasteiger charge is -2.22. The van der Waals surface area contributed by atoms with Gasteiger partial charge in [-0.05, 0) is 43.4 Å². The van der Waals surface area contributed by atoms with Gasteiger partial charge >= 0.3 is 0 Å². The molecule has 1 aliphatic carbocycles. The molecule has 1 aliphatic rings. The fraction of sp³-hybridized carbons (Fsp3) is 0.571. The molecule has 2 atom stereocenters. The second-order valence-corrected chi connectivity index (χ2v) is 4.78. The van der Waals surface area contributed by atoms with Gasteiger partial charge in [0, 0.05) is 13.0 Å². The Balaban J connectivity index is 2.00. The van der Waals surface area contributed by atoms with Gasteiger partial charge in [-0.2, -0.15) is 0 Å². The van der Waals surface area contributed by atoms with Crippen LogP contribution in [0.5, 0.6) is 0 Å². The van der Waals surface area contributed by atoms with Crippen LogP contribution in [0, 0.1) is 17.6 Å². The first-order valence-corrected chi connectivity index (χ1v) is 6.35. The number of benzene rings is 1. The standard InChI is InChI=1S/C14H18F2O2/c1-2-18-14(10-4-5-10)13(17)8-9-3-6-11(15)12(16)7-9/h3,6-7,10,13-14,17H,2,4-5,8H2,1H3. The van der Waals surface area contributed by atoms with Crippen LogP contribution in [0.3, 0.4) is 0 Å². The van der Waals surface area contributed by atoms with Crippen LogP contribution in [0.4, 0.5) is 8.78 Å². The molecular weight excluding hydrogens is 238 g/mol. The number of halogens is 2. The van der Waals surface area contributed by atoms with Gasteiger partial charge in [0.25, 0.3) is 0 Å². The molecule has 0 saturated heterocycles. The number of aliphatic hydroxyl groups excluding tert-OH is 1. The molecule has 4 heteroatoms. The van der Waals surface area contributed by atoms with Gasteiger partial charge in [0.1, 0.15) is 0 Å². The number of ether oxygens (including phenoxy) is 1. The van der Waals surface area contributed by atoms with Crippen LogP contribution < -0.4 is 0 Å². The number of hydrogen-bond acceptors (Lipinski definition) is 2. The van der Waals surface area contributed by atoms with E-state index in [4.69, 9.17) is 4.74 Å². The molecule has 1 fully saturated rings. The van der Waals surface area contributed by atoms with Crippen molar-refractivity contribution in [1.29, 1.82) is 0 Å². The lowest BCUT2D eigenvalue weighted by Crippen LogP contribution is -2.32. The smallest absolute Gasteiger partial charge is 0.159 e. The van der Waals surface area contributed by atoms with Gasteiger partial charge in [0.05, 0.1) is 12.2 Å². The highest BCUT2D eigenvalue weighted by Crippen LogP contribution is 2.36. The summed E-state index contributed by atoms with van der Waals surface area (Å²) in [6, 6.07) is 3.72. The van der Waals surface area contributed by atoms with Crippen LogP contribution in [-0.2, 0) is 11.2 Å². The maximum Gasteiger partial charge on any atom is 0.159 e. The summed E-state index contributed by atoms with van der Waals surface area (Å²) < 4.78 is 31.4. The molecule has 0 aromatic heterocycles. The summed E-state index contributed by atoms with van der Waals surface area (Å²) in [7, 11) is 0. The average Bonchev–Trinajstić information content (AvgIpc) is 3.15. The minimum Gasteiger partial charge on any atom is -0.390 e. The maximum absolute atomic E-state index is 13.1. The van der Waals surface area contributed by atoms with E-state index in [1.54, 1.807) is 0 Å². The lowest BCUT2D eigenvalue weighted by atomic mass is 10.0. The predicted molar refractivity (Wildman–Crippen MR) is 64.2 cm³/mol. The molecule has 2 nitrogen and oxygen atoms in total. The molecule has 2 unspecified atom stereocenters. The molecule has 0 aliphatic heterocycles. The molecule has 0 bridgehead atoms. The van der Waals surface area contributed by atoms with Crippen molar-refractivity contribution in [1.82, 2.24) is 0 Å². The quantitative estimate of drug-likeness (QED) is 0.848. The van der Waals surface area contributed by atoms with Crippen molar-refractivity contribution in [3.63, 3.8) is 0 Å². The zero-order valence-corrected chi connectivity index (χ0v) is 10.4. The van der Waals surface area contributed by atoms with Gasteiger partial charge in [0.2, 0.25) is 0 Å². The summed E-state index contributed by atoms with van der Waals surface area (Å²) >= 11 is 0. The molecule has 1 aromatic carbocycles. The molecule has 1 N–H and O–H groups in total. The Bertz CT molecular complexity index is 405. The second-order valence-electron chi connectivity index (χ2n) is 4.78. The summed E-state index contributed by atoms with van der Waals surface area (Å²) in [6.45, 7) is 2.44. The third-order valence-electron chi connectivity index (χ3n) is 3.25. The number of hydrogen-bond donors (Lipinski definition) is 1. The van der Waals surface area contributed by atoms with Crippen molar-refractivity contribution in [2.75, 3.05) is 6.61 Å². The normalized spacial score (nSPS) is 18.7. The van der Waals surface area contributed by atoms with Gasteiger partial charge in [-0.15, -0.1) is 0 Å². The highest BCUT2D eigenvalue weighted by molar-refractivity contribution is 5.19. The monoisotopic (exact) mass is 256 g/mol. The molecular formula is C14H18F2O2. The van der Waals surface area contributed by atoms with Crippen LogP contribution in [-0.4, -0.2) is 23.9 Å². The van der Waals surface area contributed by atoms with Crippen LogP contribution >= 0.6 is 0 Å². The topological polar surface area (TPSA) is 29.5 Å². The largest absolute Gasteiger partial charge is 0.390 e. The first-order chi connectivity index (χ1) is 8.61. The number of aliphatic hydroxyl groups is 1. The minimum atomic E-state index is -0.876. The zero-order chi connectivity index (χ0) is 13.1. The predicted octanol–water partition coefficient (Wildman–Crippen LogP) is 2.68. The Morgan fingerprint density at radius 1 is 1.33 bits per heavy atom. The van der Waals surface area contributed by atoms with Crippen LogP contribution in [0.25, 0.3) is 0 Å². The summed E-state index contributed by atoms with van der Waals surface area (Å²) in [4.78, 5) is 0. The summed E-state index contributed by atoms with van der Waals surface area (Å²) in [6.07, 6.45) is 1.57. The van der Waals surface area contributed by atoms with Crippen molar-refractivity contribution in [2.45, 2.75) is 38.4 Å². The Morgan fingerprint density at radius 3 is 2.61 bits per heavy atom. The fourth-order valence-corrected chi connectivity index (χ4v) is 2.20. The van der Waals surface area contributed by atoms with E-state index in [1.807, 2.05) is 6.92 Å². The number of rotatable bonds is 6. The Morgan fingerprint density at radius 2 is 2.06 bits per heavy atom. The second kappa shape index (κ2) is 5.76. The maximum atomic E-state index is 13.1. The van der Waals surface area contributed by atoms with E-state index in [0.29, 0.717) is 24.5 Å². The molecule has 0 heterocycles.